The highest BCUT2D eigenvalue weighted by molar-refractivity contribution is 5.78. The summed E-state index contributed by atoms with van der Waals surface area (Å²) in [6.07, 6.45) is 12.2. The average molecular weight is 328 g/mol. The van der Waals surface area contributed by atoms with Crippen molar-refractivity contribution in [3.63, 3.8) is 0 Å². The maximum absolute atomic E-state index is 12.8. The summed E-state index contributed by atoms with van der Waals surface area (Å²) in [6, 6.07) is 0. The number of hydrogen-bond acceptors (Lipinski definition) is 3. The monoisotopic (exact) mass is 328 g/mol. The van der Waals surface area contributed by atoms with Crippen molar-refractivity contribution in [1.82, 2.24) is 19.8 Å². The van der Waals surface area contributed by atoms with Crippen LogP contribution in [0.25, 0.3) is 0 Å². The second-order valence-electron chi connectivity index (χ2n) is 6.87. The summed E-state index contributed by atoms with van der Waals surface area (Å²) in [5.41, 5.74) is 2.38. The Morgan fingerprint density at radius 2 is 2.00 bits per heavy atom. The van der Waals surface area contributed by atoms with E-state index in [1.165, 1.54) is 30.7 Å². The minimum Gasteiger partial charge on any atom is -0.348 e. The van der Waals surface area contributed by atoms with Gasteiger partial charge in [0.25, 0.3) is 0 Å². The Hall–Kier alpha value is -1.88. The largest absolute Gasteiger partial charge is 0.348 e. The van der Waals surface area contributed by atoms with Crippen molar-refractivity contribution < 1.29 is 4.79 Å². The summed E-state index contributed by atoms with van der Waals surface area (Å²) < 4.78 is 0. The quantitative estimate of drug-likeness (QED) is 0.817. The van der Waals surface area contributed by atoms with Gasteiger partial charge in [-0.3, -0.25) is 9.69 Å². The van der Waals surface area contributed by atoms with Crippen molar-refractivity contribution in [3.05, 3.63) is 43.0 Å². The zero-order chi connectivity index (χ0) is 17.0. The Balaban J connectivity index is 1.82. The smallest absolute Gasteiger partial charge is 0.237 e. The van der Waals surface area contributed by atoms with E-state index < -0.39 is 0 Å². The lowest BCUT2D eigenvalue weighted by Gasteiger charge is -2.48. The molecule has 0 bridgehead atoms. The molecular weight excluding hydrogens is 300 g/mol. The van der Waals surface area contributed by atoms with E-state index in [2.05, 4.69) is 28.0 Å². The fourth-order valence-electron chi connectivity index (χ4n) is 4.30. The first kappa shape index (κ1) is 17.0. The summed E-state index contributed by atoms with van der Waals surface area (Å²) in [4.78, 5) is 25.0. The standard InChI is InChI=1S/C19H28N4O/c1-3-11-22(12-4-2)17(24)14-23-13-8-16-18(21-15-20-16)19(23)9-6-5-7-10-19/h3-4,15H,1-2,5-14H2,(H,20,21). The number of carbonyl (C=O) groups is 1. The zero-order valence-electron chi connectivity index (χ0n) is 14.5. The molecule has 1 N–H and O–H groups in total. The Kier molecular flexibility index (Phi) is 5.19. The molecule has 1 saturated carbocycles. The number of fused-ring (bicyclic) bond motifs is 2. The van der Waals surface area contributed by atoms with E-state index in [0.29, 0.717) is 19.6 Å². The van der Waals surface area contributed by atoms with E-state index >= 15 is 0 Å². The fourth-order valence-corrected chi connectivity index (χ4v) is 4.30. The normalized spacial score (nSPS) is 19.7. The van der Waals surface area contributed by atoms with Crippen LogP contribution in [0.4, 0.5) is 0 Å². The van der Waals surface area contributed by atoms with Crippen LogP contribution in [-0.4, -0.2) is 51.9 Å². The number of H-pyrrole nitrogens is 1. The molecular formula is C19H28N4O. The number of nitrogens with one attached hydrogen (secondary N) is 1. The highest BCUT2D eigenvalue weighted by atomic mass is 16.2. The predicted molar refractivity (Wildman–Crippen MR) is 95.6 cm³/mol. The molecule has 130 valence electrons. The molecule has 1 amide bonds. The highest BCUT2D eigenvalue weighted by Crippen LogP contribution is 2.44. The molecule has 0 saturated heterocycles. The molecule has 2 aliphatic rings. The van der Waals surface area contributed by atoms with Gasteiger partial charge in [-0.25, -0.2) is 4.98 Å². The molecule has 24 heavy (non-hydrogen) atoms. The molecule has 0 unspecified atom stereocenters. The van der Waals surface area contributed by atoms with Gasteiger partial charge in [-0.05, 0) is 12.8 Å². The lowest BCUT2D eigenvalue weighted by Crippen LogP contribution is -2.55. The second-order valence-corrected chi connectivity index (χ2v) is 6.87. The van der Waals surface area contributed by atoms with Gasteiger partial charge >= 0.3 is 0 Å². The maximum Gasteiger partial charge on any atom is 0.237 e. The maximum atomic E-state index is 12.8. The summed E-state index contributed by atoms with van der Waals surface area (Å²) >= 11 is 0. The van der Waals surface area contributed by atoms with E-state index in [-0.39, 0.29) is 11.4 Å². The average Bonchev–Trinajstić information content (AvgIpc) is 3.08. The van der Waals surface area contributed by atoms with Crippen molar-refractivity contribution in [2.45, 2.75) is 44.1 Å². The van der Waals surface area contributed by atoms with E-state index in [0.717, 1.165) is 25.8 Å². The molecule has 1 aromatic heterocycles. The van der Waals surface area contributed by atoms with Gasteiger partial charge in [-0.15, -0.1) is 13.2 Å². The first-order valence-corrected chi connectivity index (χ1v) is 8.98. The van der Waals surface area contributed by atoms with Crippen molar-refractivity contribution in [2.75, 3.05) is 26.2 Å². The van der Waals surface area contributed by atoms with Gasteiger partial charge < -0.3 is 9.88 Å². The summed E-state index contributed by atoms with van der Waals surface area (Å²) in [7, 11) is 0. The van der Waals surface area contributed by atoms with Gasteiger partial charge in [0.15, 0.2) is 0 Å². The van der Waals surface area contributed by atoms with Crippen LogP contribution in [0, 0.1) is 0 Å². The van der Waals surface area contributed by atoms with Gasteiger partial charge in [-0.1, -0.05) is 31.4 Å². The molecule has 0 aromatic carbocycles. The number of aromatic amines is 1. The van der Waals surface area contributed by atoms with Crippen molar-refractivity contribution in [3.8, 4) is 0 Å². The molecule has 0 radical (unpaired) electrons. The third-order valence-electron chi connectivity index (χ3n) is 5.45. The van der Waals surface area contributed by atoms with Crippen LogP contribution >= 0.6 is 0 Å². The molecule has 5 heteroatoms. The first-order valence-electron chi connectivity index (χ1n) is 8.98. The summed E-state index contributed by atoms with van der Waals surface area (Å²) in [6.45, 7) is 10.0. The summed E-state index contributed by atoms with van der Waals surface area (Å²) in [5.74, 6) is 0.152. The Morgan fingerprint density at radius 1 is 1.29 bits per heavy atom. The Bertz CT molecular complexity index is 590. The number of amides is 1. The Morgan fingerprint density at radius 3 is 2.67 bits per heavy atom. The lowest BCUT2D eigenvalue weighted by atomic mass is 9.75. The number of carbonyl (C=O) groups excluding carboxylic acids is 1. The summed E-state index contributed by atoms with van der Waals surface area (Å²) in [5, 5.41) is 0. The third kappa shape index (κ3) is 3.05. The number of nitrogens with zero attached hydrogens (tertiary/aromatic N) is 3. The van der Waals surface area contributed by atoms with Crippen LogP contribution in [0.5, 0.6) is 0 Å². The number of hydrogen-bond donors (Lipinski definition) is 1. The van der Waals surface area contributed by atoms with Crippen LogP contribution in [-0.2, 0) is 16.8 Å². The molecule has 1 spiro atoms. The van der Waals surface area contributed by atoms with Crippen LogP contribution in [0.3, 0.4) is 0 Å². The molecule has 1 aliphatic heterocycles. The van der Waals surface area contributed by atoms with Gasteiger partial charge in [-0.2, -0.15) is 0 Å². The molecule has 0 atom stereocenters. The van der Waals surface area contributed by atoms with Gasteiger partial charge in [0, 0.05) is 31.7 Å². The molecule has 5 nitrogen and oxygen atoms in total. The van der Waals surface area contributed by atoms with Crippen molar-refractivity contribution >= 4 is 5.91 Å². The number of rotatable bonds is 6. The minimum absolute atomic E-state index is 0.0600. The van der Waals surface area contributed by atoms with Gasteiger partial charge in [0.1, 0.15) is 0 Å². The SMILES string of the molecule is C=CCN(CC=C)C(=O)CN1CCc2[nH]cnc2C12CCCCC2. The molecule has 1 aliphatic carbocycles. The topological polar surface area (TPSA) is 52.2 Å². The Labute approximate surface area is 144 Å². The highest BCUT2D eigenvalue weighted by Gasteiger charge is 2.45. The molecule has 1 aromatic rings. The zero-order valence-corrected chi connectivity index (χ0v) is 14.5. The van der Waals surface area contributed by atoms with Crippen molar-refractivity contribution in [2.24, 2.45) is 0 Å². The van der Waals surface area contributed by atoms with Crippen LogP contribution < -0.4 is 0 Å². The van der Waals surface area contributed by atoms with Crippen LogP contribution in [0.1, 0.15) is 43.5 Å². The minimum atomic E-state index is -0.0600. The van der Waals surface area contributed by atoms with Crippen LogP contribution in [0.15, 0.2) is 31.6 Å². The van der Waals surface area contributed by atoms with E-state index in [1.54, 1.807) is 12.2 Å². The molecule has 2 heterocycles. The van der Waals surface area contributed by atoms with E-state index in [9.17, 15) is 4.79 Å². The van der Waals surface area contributed by atoms with Crippen LogP contribution in [0.2, 0.25) is 0 Å². The van der Waals surface area contributed by atoms with E-state index in [1.807, 2.05) is 11.2 Å². The van der Waals surface area contributed by atoms with Gasteiger partial charge in [0.05, 0.1) is 24.1 Å². The van der Waals surface area contributed by atoms with Gasteiger partial charge in [0.2, 0.25) is 5.91 Å². The molecule has 1 fully saturated rings. The van der Waals surface area contributed by atoms with Crippen molar-refractivity contribution in [1.29, 1.82) is 0 Å². The fraction of sp³-hybridized carbons (Fsp3) is 0.579. The number of imidazole rings is 1. The first-order chi connectivity index (χ1) is 11.7. The predicted octanol–water partition coefficient (Wildman–Crippen LogP) is 2.63. The van der Waals surface area contributed by atoms with E-state index in [4.69, 9.17) is 0 Å². The molecule has 3 rings (SSSR count). The third-order valence-corrected chi connectivity index (χ3v) is 5.45. The second kappa shape index (κ2) is 7.34. The number of aromatic nitrogens is 2. The lowest BCUT2D eigenvalue weighted by molar-refractivity contribution is -0.134.